The molecule has 1 spiro atoms. The van der Waals surface area contributed by atoms with E-state index in [0.717, 1.165) is 50.5 Å². The summed E-state index contributed by atoms with van der Waals surface area (Å²) in [6, 6.07) is 77.4. The van der Waals surface area contributed by atoms with E-state index in [1.165, 1.54) is 44.5 Å². The Morgan fingerprint density at radius 1 is 0.397 bits per heavy atom. The Kier molecular flexibility index (Phi) is 7.78. The molecule has 58 heavy (non-hydrogen) atoms. The van der Waals surface area contributed by atoms with Crippen LogP contribution in [0.25, 0.3) is 33.0 Å². The predicted molar refractivity (Wildman–Crippen MR) is 240 cm³/mol. The minimum atomic E-state index is -0.659. The second-order valence-electron chi connectivity index (χ2n) is 16.0. The molecular weight excluding hydrogens is 703 g/mol. The van der Waals surface area contributed by atoms with Crippen LogP contribution in [-0.2, 0) is 10.8 Å². The molecule has 2 nitrogen and oxygen atoms in total. The number of fused-ring (bicyclic) bond motifs is 10. The molecule has 0 saturated heterocycles. The van der Waals surface area contributed by atoms with Crippen molar-refractivity contribution in [2.75, 3.05) is 4.90 Å². The van der Waals surface area contributed by atoms with Crippen LogP contribution in [0.4, 0.5) is 17.1 Å². The van der Waals surface area contributed by atoms with Crippen LogP contribution in [0, 0.1) is 0 Å². The Hall–Kier alpha value is -7.16. The molecule has 0 fully saturated rings. The molecule has 0 saturated carbocycles. The lowest BCUT2D eigenvalue weighted by Gasteiger charge is -2.51. The van der Waals surface area contributed by atoms with Crippen molar-refractivity contribution in [1.29, 1.82) is 0 Å². The van der Waals surface area contributed by atoms with Crippen LogP contribution >= 0.6 is 0 Å². The third kappa shape index (κ3) is 4.98. The number of anilines is 3. The van der Waals surface area contributed by atoms with Gasteiger partial charge in [0.2, 0.25) is 0 Å². The maximum Gasteiger partial charge on any atom is 0.140 e. The van der Waals surface area contributed by atoms with Crippen molar-refractivity contribution in [2.24, 2.45) is 0 Å². The Balaban J connectivity index is 1.25. The first-order valence-electron chi connectivity index (χ1n) is 20.2. The van der Waals surface area contributed by atoms with E-state index in [9.17, 15) is 0 Å². The molecule has 2 aliphatic rings. The summed E-state index contributed by atoms with van der Waals surface area (Å²) in [5.41, 5.74) is 14.5. The molecule has 0 amide bonds. The van der Waals surface area contributed by atoms with Gasteiger partial charge < -0.3 is 9.64 Å². The van der Waals surface area contributed by atoms with Crippen molar-refractivity contribution < 1.29 is 4.74 Å². The normalized spacial score (nSPS) is 15.8. The van der Waals surface area contributed by atoms with E-state index in [1.54, 1.807) is 0 Å². The van der Waals surface area contributed by atoms with Crippen LogP contribution < -0.4 is 9.64 Å². The molecule has 1 unspecified atom stereocenters. The van der Waals surface area contributed by atoms with Crippen LogP contribution in [0.5, 0.6) is 11.5 Å². The first-order valence-corrected chi connectivity index (χ1v) is 20.2. The summed E-state index contributed by atoms with van der Waals surface area (Å²) in [6.07, 6.45) is 0. The highest BCUT2D eigenvalue weighted by Crippen LogP contribution is 2.64. The number of ether oxygens (including phenoxy) is 1. The quantitative estimate of drug-likeness (QED) is 0.174. The Labute approximate surface area is 340 Å². The maximum atomic E-state index is 7.02. The van der Waals surface area contributed by atoms with Gasteiger partial charge in [-0.05, 0) is 74.7 Å². The number of para-hydroxylation sites is 2. The average Bonchev–Trinajstić information content (AvgIpc) is 3.29. The third-order valence-corrected chi connectivity index (χ3v) is 12.6. The summed E-state index contributed by atoms with van der Waals surface area (Å²) < 4.78 is 7.02. The lowest BCUT2D eigenvalue weighted by Crippen LogP contribution is -2.44. The summed E-state index contributed by atoms with van der Waals surface area (Å²) in [7, 11) is 0. The molecule has 0 aromatic heterocycles. The number of rotatable bonds is 5. The van der Waals surface area contributed by atoms with Crippen molar-refractivity contribution in [3.8, 4) is 33.8 Å². The zero-order valence-electron chi connectivity index (χ0n) is 32.6. The van der Waals surface area contributed by atoms with Gasteiger partial charge in [0.15, 0.2) is 0 Å². The zero-order chi connectivity index (χ0) is 38.8. The van der Waals surface area contributed by atoms with E-state index in [-0.39, 0.29) is 5.41 Å². The van der Waals surface area contributed by atoms with Gasteiger partial charge in [-0.1, -0.05) is 196 Å². The molecule has 11 rings (SSSR count). The van der Waals surface area contributed by atoms with E-state index < -0.39 is 5.41 Å². The van der Waals surface area contributed by atoms with Gasteiger partial charge in [-0.25, -0.2) is 0 Å². The number of nitrogens with zero attached hydrogens (tertiary/aromatic N) is 1. The summed E-state index contributed by atoms with van der Waals surface area (Å²) in [5, 5.41) is 2.28. The second-order valence-corrected chi connectivity index (χ2v) is 16.0. The van der Waals surface area contributed by atoms with Crippen molar-refractivity contribution >= 4 is 27.8 Å². The average molecular weight is 744 g/mol. The maximum absolute atomic E-state index is 7.02. The molecule has 2 heteroatoms. The van der Waals surface area contributed by atoms with Gasteiger partial charge in [-0.2, -0.15) is 0 Å². The largest absolute Gasteiger partial charge is 0.456 e. The van der Waals surface area contributed by atoms with Crippen LogP contribution in [-0.4, -0.2) is 0 Å². The van der Waals surface area contributed by atoms with E-state index in [2.05, 4.69) is 231 Å². The molecular formula is C56H41NO. The molecule has 9 aromatic carbocycles. The van der Waals surface area contributed by atoms with Gasteiger partial charge in [0.1, 0.15) is 11.5 Å². The minimum Gasteiger partial charge on any atom is -0.456 e. The number of hydrogen-bond acceptors (Lipinski definition) is 2. The fourth-order valence-electron chi connectivity index (χ4n) is 10.1. The molecule has 1 aliphatic carbocycles. The highest BCUT2D eigenvalue weighted by atomic mass is 16.5. The first-order chi connectivity index (χ1) is 28.5. The smallest absolute Gasteiger partial charge is 0.140 e. The second kappa shape index (κ2) is 13.2. The summed E-state index contributed by atoms with van der Waals surface area (Å²) in [6.45, 7) is 4.82. The molecule has 0 radical (unpaired) electrons. The fraction of sp³-hybridized carbons (Fsp3) is 0.0714. The molecule has 0 N–H and O–H groups in total. The van der Waals surface area contributed by atoms with Crippen molar-refractivity contribution in [3.63, 3.8) is 0 Å². The van der Waals surface area contributed by atoms with Crippen LogP contribution in [0.1, 0.15) is 47.2 Å². The molecule has 9 aromatic rings. The van der Waals surface area contributed by atoms with Crippen LogP contribution in [0.3, 0.4) is 0 Å². The monoisotopic (exact) mass is 743 g/mol. The lowest BCUT2D eigenvalue weighted by atomic mass is 9.53. The highest BCUT2D eigenvalue weighted by molar-refractivity contribution is 5.95. The number of hydrogen-bond donors (Lipinski definition) is 0. The van der Waals surface area contributed by atoms with E-state index in [1.807, 2.05) is 0 Å². The van der Waals surface area contributed by atoms with Gasteiger partial charge in [0, 0.05) is 33.2 Å². The van der Waals surface area contributed by atoms with Crippen molar-refractivity contribution in [1.82, 2.24) is 0 Å². The fourth-order valence-corrected chi connectivity index (χ4v) is 10.1. The van der Waals surface area contributed by atoms with Gasteiger partial charge in [-0.15, -0.1) is 0 Å². The predicted octanol–water partition coefficient (Wildman–Crippen LogP) is 14.8. The van der Waals surface area contributed by atoms with Gasteiger partial charge in [0.05, 0.1) is 16.8 Å². The Bertz CT molecular complexity index is 3000. The van der Waals surface area contributed by atoms with Crippen molar-refractivity contribution in [2.45, 2.75) is 24.7 Å². The first kappa shape index (κ1) is 34.1. The Morgan fingerprint density at radius 2 is 0.983 bits per heavy atom. The molecule has 1 atom stereocenters. The highest BCUT2D eigenvalue weighted by Gasteiger charge is 2.54. The van der Waals surface area contributed by atoms with Crippen LogP contribution in [0.15, 0.2) is 212 Å². The van der Waals surface area contributed by atoms with E-state index in [0.29, 0.717) is 0 Å². The lowest BCUT2D eigenvalue weighted by molar-refractivity contribution is 0.430. The summed E-state index contributed by atoms with van der Waals surface area (Å²) >= 11 is 0. The summed E-state index contributed by atoms with van der Waals surface area (Å²) in [4.78, 5) is 2.51. The van der Waals surface area contributed by atoms with Gasteiger partial charge in [0.25, 0.3) is 0 Å². The van der Waals surface area contributed by atoms with Crippen LogP contribution in [0.2, 0.25) is 0 Å². The minimum absolute atomic E-state index is 0.387. The van der Waals surface area contributed by atoms with Gasteiger partial charge in [-0.3, -0.25) is 0 Å². The molecule has 276 valence electrons. The molecule has 1 heterocycles. The molecule has 1 aliphatic heterocycles. The summed E-state index contributed by atoms with van der Waals surface area (Å²) in [5.74, 6) is 1.81. The third-order valence-electron chi connectivity index (χ3n) is 12.6. The van der Waals surface area contributed by atoms with Crippen molar-refractivity contribution in [3.05, 3.63) is 246 Å². The topological polar surface area (TPSA) is 12.5 Å². The van der Waals surface area contributed by atoms with E-state index in [4.69, 9.17) is 4.74 Å². The van der Waals surface area contributed by atoms with Gasteiger partial charge >= 0.3 is 0 Å². The zero-order valence-corrected chi connectivity index (χ0v) is 32.6. The molecule has 0 bridgehead atoms. The number of benzene rings is 9. The standard InChI is InChI=1S/C56H41NO/c1-55(2)45-25-12-13-26-46(45)56(47-27-14-16-31-52(47)58-54-44-24-10-9-22-41(44)34-37-49(54)56)48-28-17-30-51(53(48)55)57(42-35-32-39(33-36-42)38-18-5-3-6-19-38)50-29-15-11-23-43(50)40-20-7-4-8-21-40/h3-37H,1-2H3. The Morgan fingerprint density at radius 3 is 1.78 bits per heavy atom. The van der Waals surface area contributed by atoms with E-state index >= 15 is 0 Å². The SMILES string of the molecule is CC1(C)c2ccccc2C2(c3ccccc3Oc3c2ccc2ccccc32)c2cccc(N(c3ccc(-c4ccccc4)cc3)c3ccccc3-c3ccccc3)c21.